The minimum atomic E-state index is -3.90. The summed E-state index contributed by atoms with van der Waals surface area (Å²) >= 11 is 5.01. The number of nitrogens with zero attached hydrogens (tertiary/aromatic N) is 1. The lowest BCUT2D eigenvalue weighted by Gasteiger charge is -2.30. The maximum atomic E-state index is 13.8. The van der Waals surface area contributed by atoms with Crippen molar-refractivity contribution in [1.82, 2.24) is 20.5 Å². The topological polar surface area (TPSA) is 90.5 Å². The van der Waals surface area contributed by atoms with E-state index in [0.717, 1.165) is 12.5 Å². The quantitative estimate of drug-likeness (QED) is 0.505. The van der Waals surface area contributed by atoms with Crippen LogP contribution in [0.5, 0.6) is 0 Å². The summed E-state index contributed by atoms with van der Waals surface area (Å²) < 4.78 is 40.1. The number of halogens is 1. The molecule has 0 radical (unpaired) electrons. The Morgan fingerprint density at radius 2 is 1.92 bits per heavy atom. The number of carbonyl (C=O) groups is 1. The van der Waals surface area contributed by atoms with Gasteiger partial charge >= 0.3 is 0 Å². The zero-order valence-electron chi connectivity index (χ0n) is 14.5. The number of amides is 1. The molecule has 1 aliphatic heterocycles. The summed E-state index contributed by atoms with van der Waals surface area (Å²) in [5.41, 5.74) is 5.16. The van der Waals surface area contributed by atoms with Crippen molar-refractivity contribution in [3.05, 3.63) is 30.1 Å². The molecule has 0 atom stereocenters. The molecule has 0 aromatic heterocycles. The van der Waals surface area contributed by atoms with Gasteiger partial charge in [0.15, 0.2) is 5.11 Å². The third-order valence-corrected chi connectivity index (χ3v) is 6.29. The molecule has 0 saturated carbocycles. The second-order valence-corrected chi connectivity index (χ2v) is 8.29. The molecule has 3 N–H and O–H groups in total. The van der Waals surface area contributed by atoms with Crippen molar-refractivity contribution in [3.63, 3.8) is 0 Å². The lowest BCUT2D eigenvalue weighted by atomic mass is 9.98. The summed E-state index contributed by atoms with van der Waals surface area (Å²) in [5.74, 6) is -1.35. The molecule has 0 aliphatic carbocycles. The molecule has 1 aliphatic rings. The van der Waals surface area contributed by atoms with Gasteiger partial charge in [0.05, 0.1) is 0 Å². The summed E-state index contributed by atoms with van der Waals surface area (Å²) in [4.78, 5) is 11.8. The number of carbonyl (C=O) groups excluding carboxylic acids is 1. The van der Waals surface area contributed by atoms with Gasteiger partial charge in [-0.2, -0.15) is 4.31 Å². The number of rotatable bonds is 5. The van der Waals surface area contributed by atoms with Crippen LogP contribution in [0.1, 0.15) is 26.2 Å². The van der Waals surface area contributed by atoms with Crippen LogP contribution in [0.25, 0.3) is 0 Å². The van der Waals surface area contributed by atoms with Crippen molar-refractivity contribution in [2.24, 2.45) is 5.92 Å². The van der Waals surface area contributed by atoms with E-state index >= 15 is 0 Å². The minimum Gasteiger partial charge on any atom is -0.361 e. The van der Waals surface area contributed by atoms with Gasteiger partial charge in [-0.1, -0.05) is 19.1 Å². The highest BCUT2D eigenvalue weighted by atomic mass is 32.2. The SMILES string of the molecule is CCCNC(=S)NNC(=O)C1CCN(S(=O)(=O)c2ccccc2F)CC1. The van der Waals surface area contributed by atoms with E-state index in [9.17, 15) is 17.6 Å². The van der Waals surface area contributed by atoms with Gasteiger partial charge < -0.3 is 5.32 Å². The molecule has 26 heavy (non-hydrogen) atoms. The number of sulfonamides is 1. The molecule has 1 aromatic carbocycles. The first-order valence-corrected chi connectivity index (χ1v) is 10.3. The standard InChI is InChI=1S/C16H23FN4O3S2/c1-2-9-18-16(25)20-19-15(22)12-7-10-21(11-8-12)26(23,24)14-6-4-3-5-13(14)17/h3-6,12H,2,7-11H2,1H3,(H,19,22)(H2,18,20,25). The van der Waals surface area contributed by atoms with Crippen LogP contribution in [0, 0.1) is 11.7 Å². The van der Waals surface area contributed by atoms with Gasteiger partial charge in [-0.25, -0.2) is 12.8 Å². The van der Waals surface area contributed by atoms with Gasteiger partial charge in [0.2, 0.25) is 15.9 Å². The van der Waals surface area contributed by atoms with Crippen molar-refractivity contribution >= 4 is 33.3 Å². The van der Waals surface area contributed by atoms with Crippen LogP contribution in [0.15, 0.2) is 29.2 Å². The molecular weight excluding hydrogens is 379 g/mol. The third-order valence-electron chi connectivity index (χ3n) is 4.11. The Bertz CT molecular complexity index is 750. The highest BCUT2D eigenvalue weighted by molar-refractivity contribution is 7.89. The third kappa shape index (κ3) is 5.12. The summed E-state index contributed by atoms with van der Waals surface area (Å²) in [5, 5.41) is 3.26. The predicted molar refractivity (Wildman–Crippen MR) is 100 cm³/mol. The van der Waals surface area contributed by atoms with Crippen molar-refractivity contribution in [2.45, 2.75) is 31.1 Å². The average Bonchev–Trinajstić information content (AvgIpc) is 2.64. The number of hydrogen-bond acceptors (Lipinski definition) is 4. The Kier molecular flexibility index (Phi) is 7.30. The van der Waals surface area contributed by atoms with E-state index in [4.69, 9.17) is 12.2 Å². The molecular formula is C16H23FN4O3S2. The fourth-order valence-corrected chi connectivity index (χ4v) is 4.34. The average molecular weight is 403 g/mol. The normalized spacial score (nSPS) is 16.1. The van der Waals surface area contributed by atoms with Gasteiger partial charge in [0, 0.05) is 25.6 Å². The molecule has 1 aromatic rings. The zero-order chi connectivity index (χ0) is 19.2. The number of benzene rings is 1. The highest BCUT2D eigenvalue weighted by Gasteiger charge is 2.33. The Balaban J connectivity index is 1.88. The molecule has 144 valence electrons. The van der Waals surface area contributed by atoms with Crippen molar-refractivity contribution < 1.29 is 17.6 Å². The number of thiocarbonyl (C=S) groups is 1. The maximum absolute atomic E-state index is 13.8. The van der Waals surface area contributed by atoms with Crippen LogP contribution >= 0.6 is 12.2 Å². The Morgan fingerprint density at radius 1 is 1.27 bits per heavy atom. The fraction of sp³-hybridized carbons (Fsp3) is 0.500. The Morgan fingerprint density at radius 3 is 2.54 bits per heavy atom. The summed E-state index contributed by atoms with van der Waals surface area (Å²) in [6.45, 7) is 3.02. The second-order valence-electron chi connectivity index (χ2n) is 5.98. The van der Waals surface area contributed by atoms with Gasteiger partial charge in [0.1, 0.15) is 10.7 Å². The van der Waals surface area contributed by atoms with Gasteiger partial charge in [0.25, 0.3) is 0 Å². The highest BCUT2D eigenvalue weighted by Crippen LogP contribution is 2.25. The number of piperidine rings is 1. The molecule has 0 spiro atoms. The van der Waals surface area contributed by atoms with Crippen LogP contribution in [0.3, 0.4) is 0 Å². The molecule has 2 rings (SSSR count). The predicted octanol–water partition coefficient (Wildman–Crippen LogP) is 1.13. The first kappa shape index (κ1) is 20.5. The number of hydrogen-bond donors (Lipinski definition) is 3. The largest absolute Gasteiger partial charge is 0.361 e. The smallest absolute Gasteiger partial charge is 0.245 e. The van der Waals surface area contributed by atoms with Gasteiger partial charge in [-0.15, -0.1) is 0 Å². The van der Waals surface area contributed by atoms with Crippen LogP contribution in [0.2, 0.25) is 0 Å². The molecule has 1 amide bonds. The van der Waals surface area contributed by atoms with E-state index in [1.54, 1.807) is 0 Å². The van der Waals surface area contributed by atoms with Crippen LogP contribution in [-0.2, 0) is 14.8 Å². The summed E-state index contributed by atoms with van der Waals surface area (Å²) in [7, 11) is -3.90. The first-order chi connectivity index (χ1) is 12.4. The minimum absolute atomic E-state index is 0.160. The van der Waals surface area contributed by atoms with E-state index in [-0.39, 0.29) is 29.8 Å². The lowest BCUT2D eigenvalue weighted by molar-refractivity contribution is -0.126. The van der Waals surface area contributed by atoms with E-state index in [2.05, 4.69) is 16.2 Å². The second kappa shape index (κ2) is 9.24. The maximum Gasteiger partial charge on any atom is 0.245 e. The number of hydrazine groups is 1. The van der Waals surface area contributed by atoms with Crippen LogP contribution in [0.4, 0.5) is 4.39 Å². The van der Waals surface area contributed by atoms with Crippen molar-refractivity contribution in [3.8, 4) is 0 Å². The zero-order valence-corrected chi connectivity index (χ0v) is 16.1. The van der Waals surface area contributed by atoms with Gasteiger partial charge in [-0.3, -0.25) is 15.6 Å². The molecule has 1 heterocycles. The molecule has 7 nitrogen and oxygen atoms in total. The monoisotopic (exact) mass is 402 g/mol. The Hall–Kier alpha value is -1.78. The van der Waals surface area contributed by atoms with Crippen molar-refractivity contribution in [1.29, 1.82) is 0 Å². The lowest BCUT2D eigenvalue weighted by Crippen LogP contribution is -2.50. The molecule has 1 saturated heterocycles. The van der Waals surface area contributed by atoms with Crippen LogP contribution in [-0.4, -0.2) is 43.4 Å². The molecule has 0 bridgehead atoms. The van der Waals surface area contributed by atoms with E-state index in [1.807, 2.05) is 6.92 Å². The summed E-state index contributed by atoms with van der Waals surface area (Å²) in [6.07, 6.45) is 1.62. The van der Waals surface area contributed by atoms with E-state index < -0.39 is 15.8 Å². The van der Waals surface area contributed by atoms with E-state index in [0.29, 0.717) is 24.5 Å². The number of nitrogens with one attached hydrogen (secondary N) is 3. The molecule has 1 fully saturated rings. The molecule has 0 unspecified atom stereocenters. The Labute approximate surface area is 158 Å². The van der Waals surface area contributed by atoms with Crippen LogP contribution < -0.4 is 16.2 Å². The molecule has 10 heteroatoms. The fourth-order valence-electron chi connectivity index (χ4n) is 2.65. The van der Waals surface area contributed by atoms with Crippen molar-refractivity contribution in [2.75, 3.05) is 19.6 Å². The first-order valence-electron chi connectivity index (χ1n) is 8.44. The van der Waals surface area contributed by atoms with E-state index in [1.165, 1.54) is 22.5 Å². The summed E-state index contributed by atoms with van der Waals surface area (Å²) in [6, 6.07) is 5.29. The van der Waals surface area contributed by atoms with Gasteiger partial charge in [-0.05, 0) is 43.6 Å².